The second kappa shape index (κ2) is 7.69. The van der Waals surface area contributed by atoms with Gasteiger partial charge in [-0.1, -0.05) is 48.5 Å². The molecule has 1 heterocycles. The number of benzene rings is 3. The molecule has 4 aromatic rings. The number of carbonyl (C=O) groups excluding carboxylic acids is 1. The standard InChI is InChI=1S/C24H20FNO2/c1-17-9-14-21(28-17)16-26(15-18-10-12-20(25)13-11-18)24(27)23-8-4-6-19-5-2-3-7-22(19)23/h2-14H,15-16H2,1H3. The van der Waals surface area contributed by atoms with Crippen LogP contribution >= 0.6 is 0 Å². The van der Waals surface area contributed by atoms with Crippen molar-refractivity contribution in [2.24, 2.45) is 0 Å². The van der Waals surface area contributed by atoms with E-state index in [2.05, 4.69) is 0 Å². The van der Waals surface area contributed by atoms with Crippen molar-refractivity contribution in [3.63, 3.8) is 0 Å². The van der Waals surface area contributed by atoms with Crippen molar-refractivity contribution in [1.82, 2.24) is 4.90 Å². The van der Waals surface area contributed by atoms with Crippen LogP contribution in [0.1, 0.15) is 27.4 Å². The van der Waals surface area contributed by atoms with E-state index in [9.17, 15) is 9.18 Å². The number of hydrogen-bond acceptors (Lipinski definition) is 2. The van der Waals surface area contributed by atoms with Gasteiger partial charge in [0.1, 0.15) is 17.3 Å². The number of halogens is 1. The molecule has 3 nitrogen and oxygen atoms in total. The minimum absolute atomic E-state index is 0.0878. The Labute approximate surface area is 163 Å². The molecule has 0 aliphatic heterocycles. The molecule has 0 unspecified atom stereocenters. The highest BCUT2D eigenvalue weighted by atomic mass is 19.1. The lowest BCUT2D eigenvalue weighted by atomic mass is 10.0. The zero-order chi connectivity index (χ0) is 19.5. The normalized spacial score (nSPS) is 10.9. The highest BCUT2D eigenvalue weighted by Gasteiger charge is 2.20. The van der Waals surface area contributed by atoms with Gasteiger partial charge in [-0.25, -0.2) is 4.39 Å². The van der Waals surface area contributed by atoms with Gasteiger partial charge in [0.15, 0.2) is 0 Å². The topological polar surface area (TPSA) is 33.5 Å². The molecule has 1 aromatic heterocycles. The summed E-state index contributed by atoms with van der Waals surface area (Å²) in [5.41, 5.74) is 1.50. The van der Waals surface area contributed by atoms with Gasteiger partial charge < -0.3 is 9.32 Å². The van der Waals surface area contributed by atoms with Gasteiger partial charge in [0.05, 0.1) is 6.54 Å². The van der Waals surface area contributed by atoms with Gasteiger partial charge in [0, 0.05) is 12.1 Å². The van der Waals surface area contributed by atoms with E-state index in [1.165, 1.54) is 12.1 Å². The second-order valence-electron chi connectivity index (χ2n) is 6.83. The zero-order valence-electron chi connectivity index (χ0n) is 15.6. The Morgan fingerprint density at radius 3 is 2.39 bits per heavy atom. The molecule has 0 saturated heterocycles. The first-order chi connectivity index (χ1) is 13.6. The summed E-state index contributed by atoms with van der Waals surface area (Å²) in [5.74, 6) is 1.13. The van der Waals surface area contributed by atoms with Gasteiger partial charge in [-0.05, 0) is 53.6 Å². The first kappa shape index (κ1) is 18.0. The van der Waals surface area contributed by atoms with Crippen LogP contribution in [0.4, 0.5) is 4.39 Å². The summed E-state index contributed by atoms with van der Waals surface area (Å²) in [4.78, 5) is 15.2. The van der Waals surface area contributed by atoms with Crippen molar-refractivity contribution in [1.29, 1.82) is 0 Å². The van der Waals surface area contributed by atoms with Crippen molar-refractivity contribution < 1.29 is 13.6 Å². The molecule has 0 fully saturated rings. The Balaban J connectivity index is 1.70. The van der Waals surface area contributed by atoms with Crippen LogP contribution < -0.4 is 0 Å². The largest absolute Gasteiger partial charge is 0.464 e. The summed E-state index contributed by atoms with van der Waals surface area (Å²) >= 11 is 0. The molecule has 0 aliphatic carbocycles. The Morgan fingerprint density at radius 2 is 1.64 bits per heavy atom. The van der Waals surface area contributed by atoms with Crippen LogP contribution in [-0.2, 0) is 13.1 Å². The third-order valence-electron chi connectivity index (χ3n) is 4.74. The third kappa shape index (κ3) is 3.81. The Morgan fingerprint density at radius 1 is 0.893 bits per heavy atom. The number of amides is 1. The molecule has 0 radical (unpaired) electrons. The van der Waals surface area contributed by atoms with Crippen LogP contribution in [0.25, 0.3) is 10.8 Å². The Hall–Kier alpha value is -3.40. The minimum atomic E-state index is -0.294. The molecular formula is C24H20FNO2. The molecule has 0 spiro atoms. The monoisotopic (exact) mass is 373 g/mol. The molecular weight excluding hydrogens is 353 g/mol. The van der Waals surface area contributed by atoms with Gasteiger partial charge in [-0.2, -0.15) is 0 Å². The predicted molar refractivity (Wildman–Crippen MR) is 107 cm³/mol. The van der Waals surface area contributed by atoms with Crippen LogP contribution in [-0.4, -0.2) is 10.8 Å². The van der Waals surface area contributed by atoms with Crippen molar-refractivity contribution >= 4 is 16.7 Å². The summed E-state index contributed by atoms with van der Waals surface area (Å²) in [7, 11) is 0. The van der Waals surface area contributed by atoms with Crippen molar-refractivity contribution in [3.05, 3.63) is 107 Å². The third-order valence-corrected chi connectivity index (χ3v) is 4.74. The van der Waals surface area contributed by atoms with Gasteiger partial charge in [-0.3, -0.25) is 4.79 Å². The SMILES string of the molecule is Cc1ccc(CN(Cc2ccc(F)cc2)C(=O)c2cccc3ccccc23)o1. The van der Waals surface area contributed by atoms with Crippen LogP contribution in [0.3, 0.4) is 0 Å². The average Bonchev–Trinajstić information content (AvgIpc) is 3.13. The maximum Gasteiger partial charge on any atom is 0.255 e. The first-order valence-electron chi connectivity index (χ1n) is 9.17. The van der Waals surface area contributed by atoms with E-state index in [0.717, 1.165) is 22.1 Å². The van der Waals surface area contributed by atoms with Crippen LogP contribution in [0.15, 0.2) is 83.3 Å². The van der Waals surface area contributed by atoms with E-state index in [1.807, 2.05) is 61.5 Å². The molecule has 3 aromatic carbocycles. The van der Waals surface area contributed by atoms with Gasteiger partial charge in [-0.15, -0.1) is 0 Å². The van der Waals surface area contributed by atoms with Gasteiger partial charge in [0.25, 0.3) is 5.91 Å². The molecule has 4 rings (SSSR count). The van der Waals surface area contributed by atoms with E-state index in [-0.39, 0.29) is 11.7 Å². The fourth-order valence-electron chi connectivity index (χ4n) is 3.35. The number of furan rings is 1. The predicted octanol–water partition coefficient (Wildman–Crippen LogP) is 5.72. The summed E-state index contributed by atoms with van der Waals surface area (Å²) in [6, 6.07) is 23.5. The molecule has 1 amide bonds. The lowest BCUT2D eigenvalue weighted by Crippen LogP contribution is -2.30. The second-order valence-corrected chi connectivity index (χ2v) is 6.83. The molecule has 0 atom stereocenters. The quantitative estimate of drug-likeness (QED) is 0.448. The zero-order valence-corrected chi connectivity index (χ0v) is 15.6. The van der Waals surface area contributed by atoms with Gasteiger partial charge >= 0.3 is 0 Å². The Kier molecular flexibility index (Phi) is 4.94. The van der Waals surface area contributed by atoms with E-state index < -0.39 is 0 Å². The van der Waals surface area contributed by atoms with Crippen molar-refractivity contribution in [2.45, 2.75) is 20.0 Å². The smallest absolute Gasteiger partial charge is 0.255 e. The fraction of sp³-hybridized carbons (Fsp3) is 0.125. The first-order valence-corrected chi connectivity index (χ1v) is 9.17. The number of carbonyl (C=O) groups is 1. The van der Waals surface area contributed by atoms with Gasteiger partial charge in [0.2, 0.25) is 0 Å². The molecule has 0 aliphatic rings. The highest BCUT2D eigenvalue weighted by Crippen LogP contribution is 2.22. The summed E-state index contributed by atoms with van der Waals surface area (Å²) in [6.45, 7) is 2.58. The number of aryl methyl sites for hydroxylation is 1. The van der Waals surface area contributed by atoms with E-state index in [1.54, 1.807) is 17.0 Å². The summed E-state index contributed by atoms with van der Waals surface area (Å²) < 4.78 is 19.0. The highest BCUT2D eigenvalue weighted by molar-refractivity contribution is 6.06. The molecule has 4 heteroatoms. The van der Waals surface area contributed by atoms with E-state index in [0.29, 0.717) is 24.4 Å². The Bertz CT molecular complexity index is 1110. The fourth-order valence-corrected chi connectivity index (χ4v) is 3.35. The minimum Gasteiger partial charge on any atom is -0.464 e. The maximum absolute atomic E-state index is 13.5. The molecule has 140 valence electrons. The maximum atomic E-state index is 13.5. The van der Waals surface area contributed by atoms with E-state index >= 15 is 0 Å². The summed E-state index contributed by atoms with van der Waals surface area (Å²) in [5, 5.41) is 1.93. The van der Waals surface area contributed by atoms with Crippen LogP contribution in [0.2, 0.25) is 0 Å². The number of nitrogens with zero attached hydrogens (tertiary/aromatic N) is 1. The number of fused-ring (bicyclic) bond motifs is 1. The average molecular weight is 373 g/mol. The lowest BCUT2D eigenvalue weighted by molar-refractivity contribution is 0.0719. The molecule has 0 saturated carbocycles. The number of rotatable bonds is 5. The van der Waals surface area contributed by atoms with Crippen LogP contribution in [0, 0.1) is 12.7 Å². The molecule has 28 heavy (non-hydrogen) atoms. The van der Waals surface area contributed by atoms with Crippen molar-refractivity contribution in [2.75, 3.05) is 0 Å². The number of hydrogen-bond donors (Lipinski definition) is 0. The van der Waals surface area contributed by atoms with Crippen LogP contribution in [0.5, 0.6) is 0 Å². The molecule has 0 bridgehead atoms. The summed E-state index contributed by atoms with van der Waals surface area (Å²) in [6.07, 6.45) is 0. The van der Waals surface area contributed by atoms with E-state index in [4.69, 9.17) is 4.42 Å². The lowest BCUT2D eigenvalue weighted by Gasteiger charge is -2.23. The molecule has 0 N–H and O–H groups in total. The van der Waals surface area contributed by atoms with Crippen molar-refractivity contribution in [3.8, 4) is 0 Å².